The van der Waals surface area contributed by atoms with Gasteiger partial charge in [0.1, 0.15) is 0 Å². The minimum Gasteiger partial charge on any atom is -0.369 e. The van der Waals surface area contributed by atoms with Gasteiger partial charge < -0.3 is 4.90 Å². The third-order valence-electron chi connectivity index (χ3n) is 4.67. The van der Waals surface area contributed by atoms with Gasteiger partial charge in [-0.05, 0) is 24.3 Å². The third kappa shape index (κ3) is 2.85. The van der Waals surface area contributed by atoms with Crippen molar-refractivity contribution >= 4 is 28.2 Å². The van der Waals surface area contributed by atoms with E-state index >= 15 is 0 Å². The summed E-state index contributed by atoms with van der Waals surface area (Å²) in [5, 5.41) is 6.56. The quantitative estimate of drug-likeness (QED) is 0.734. The minimum absolute atomic E-state index is 0.783. The Hall–Kier alpha value is -2.11. The Morgan fingerprint density at radius 2 is 1.79 bits per heavy atom. The average Bonchev–Trinajstić information content (AvgIpc) is 2.93. The Bertz CT molecular complexity index is 837. The van der Waals surface area contributed by atoms with Gasteiger partial charge in [-0.2, -0.15) is 5.10 Å². The zero-order valence-electron chi connectivity index (χ0n) is 13.7. The zero-order valence-corrected chi connectivity index (χ0v) is 14.4. The zero-order chi connectivity index (χ0) is 16.5. The van der Waals surface area contributed by atoms with E-state index in [-0.39, 0.29) is 0 Å². The van der Waals surface area contributed by atoms with Crippen LogP contribution >= 0.6 is 11.6 Å². The summed E-state index contributed by atoms with van der Waals surface area (Å²) in [6, 6.07) is 10.1. The fraction of sp³-hybridized carbons (Fsp3) is 0.333. The number of pyridine rings is 1. The Balaban J connectivity index is 1.48. The van der Waals surface area contributed by atoms with Crippen LogP contribution in [0.2, 0.25) is 5.02 Å². The summed E-state index contributed by atoms with van der Waals surface area (Å²) < 4.78 is 1.92. The lowest BCUT2D eigenvalue weighted by Crippen LogP contribution is -2.46. The number of halogens is 1. The average molecular weight is 342 g/mol. The summed E-state index contributed by atoms with van der Waals surface area (Å²) in [4.78, 5) is 8.94. The highest BCUT2D eigenvalue weighted by molar-refractivity contribution is 6.35. The van der Waals surface area contributed by atoms with Crippen LogP contribution < -0.4 is 4.90 Å². The molecule has 0 saturated carbocycles. The van der Waals surface area contributed by atoms with Crippen LogP contribution in [0, 0.1) is 0 Å². The smallest absolute Gasteiger partial charge is 0.0858 e. The van der Waals surface area contributed by atoms with Gasteiger partial charge in [0.25, 0.3) is 0 Å². The lowest BCUT2D eigenvalue weighted by Gasteiger charge is -2.35. The fourth-order valence-corrected chi connectivity index (χ4v) is 3.67. The van der Waals surface area contributed by atoms with E-state index in [0.29, 0.717) is 0 Å². The number of rotatable bonds is 3. The predicted octanol–water partition coefficient (Wildman–Crippen LogP) is 2.94. The second-order valence-corrected chi connectivity index (χ2v) is 6.58. The highest BCUT2D eigenvalue weighted by Gasteiger charge is 2.20. The van der Waals surface area contributed by atoms with Gasteiger partial charge in [0.05, 0.1) is 16.2 Å². The molecule has 0 atom stereocenters. The lowest BCUT2D eigenvalue weighted by atomic mass is 10.2. The van der Waals surface area contributed by atoms with Gasteiger partial charge in [-0.3, -0.25) is 14.6 Å². The second-order valence-electron chi connectivity index (χ2n) is 6.17. The van der Waals surface area contributed by atoms with E-state index in [1.54, 1.807) is 0 Å². The fourth-order valence-electron chi connectivity index (χ4n) is 3.39. The molecule has 3 heterocycles. The molecule has 2 aromatic heterocycles. The van der Waals surface area contributed by atoms with Crippen molar-refractivity contribution in [3.63, 3.8) is 0 Å². The number of nitrogens with zero attached hydrogens (tertiary/aromatic N) is 5. The van der Waals surface area contributed by atoms with Crippen molar-refractivity contribution in [2.24, 2.45) is 7.05 Å². The molecular weight excluding hydrogens is 322 g/mol. The molecule has 0 amide bonds. The summed E-state index contributed by atoms with van der Waals surface area (Å²) in [5.41, 5.74) is 3.40. The van der Waals surface area contributed by atoms with Gasteiger partial charge in [-0.25, -0.2) is 0 Å². The van der Waals surface area contributed by atoms with Gasteiger partial charge >= 0.3 is 0 Å². The molecule has 0 spiro atoms. The molecule has 1 saturated heterocycles. The first-order valence-electron chi connectivity index (χ1n) is 8.20. The number of piperazine rings is 1. The molecule has 0 aliphatic carbocycles. The molecular formula is C18H20ClN5. The second kappa shape index (κ2) is 6.42. The van der Waals surface area contributed by atoms with Gasteiger partial charge in [-0.1, -0.05) is 17.7 Å². The number of aromatic nitrogens is 3. The third-order valence-corrected chi connectivity index (χ3v) is 4.99. The first-order valence-corrected chi connectivity index (χ1v) is 8.57. The van der Waals surface area contributed by atoms with Crippen molar-refractivity contribution in [3.8, 4) is 0 Å². The summed E-state index contributed by atoms with van der Waals surface area (Å²) in [5.74, 6) is 0. The molecule has 1 aliphatic rings. The van der Waals surface area contributed by atoms with Crippen LogP contribution in [0.1, 0.15) is 5.69 Å². The van der Waals surface area contributed by atoms with Crippen LogP contribution in [0.5, 0.6) is 0 Å². The largest absolute Gasteiger partial charge is 0.369 e. The van der Waals surface area contributed by atoms with Crippen LogP contribution in [0.15, 0.2) is 42.7 Å². The van der Waals surface area contributed by atoms with Crippen LogP contribution in [0.3, 0.4) is 0 Å². The summed E-state index contributed by atoms with van der Waals surface area (Å²) >= 11 is 6.41. The Morgan fingerprint density at radius 3 is 2.54 bits per heavy atom. The van der Waals surface area contributed by atoms with Crippen molar-refractivity contribution in [1.29, 1.82) is 0 Å². The van der Waals surface area contributed by atoms with Crippen LogP contribution in [0.25, 0.3) is 10.9 Å². The molecule has 5 nitrogen and oxygen atoms in total. The van der Waals surface area contributed by atoms with E-state index in [0.717, 1.165) is 54.3 Å². The summed E-state index contributed by atoms with van der Waals surface area (Å²) in [6.45, 7) is 4.91. The molecule has 3 aromatic rings. The predicted molar refractivity (Wildman–Crippen MR) is 97.5 cm³/mol. The summed E-state index contributed by atoms with van der Waals surface area (Å²) in [6.07, 6.45) is 3.70. The Labute approximate surface area is 146 Å². The van der Waals surface area contributed by atoms with E-state index in [4.69, 9.17) is 16.7 Å². The maximum atomic E-state index is 6.41. The minimum atomic E-state index is 0.783. The van der Waals surface area contributed by atoms with Crippen LogP contribution in [0.4, 0.5) is 5.69 Å². The number of fused-ring (bicyclic) bond motifs is 1. The van der Waals surface area contributed by atoms with Gasteiger partial charge in [0.2, 0.25) is 0 Å². The molecule has 1 aromatic carbocycles. The van der Waals surface area contributed by atoms with E-state index in [9.17, 15) is 0 Å². The van der Waals surface area contributed by atoms with E-state index < -0.39 is 0 Å². The molecule has 124 valence electrons. The maximum absolute atomic E-state index is 6.41. The molecule has 0 bridgehead atoms. The van der Waals surface area contributed by atoms with E-state index in [2.05, 4.69) is 33.0 Å². The van der Waals surface area contributed by atoms with Crippen molar-refractivity contribution in [3.05, 3.63) is 53.4 Å². The molecule has 6 heteroatoms. The summed E-state index contributed by atoms with van der Waals surface area (Å²) in [7, 11) is 1.98. The van der Waals surface area contributed by atoms with Crippen molar-refractivity contribution in [1.82, 2.24) is 19.7 Å². The molecule has 0 N–H and O–H groups in total. The van der Waals surface area contributed by atoms with Crippen molar-refractivity contribution in [2.75, 3.05) is 31.1 Å². The first-order chi connectivity index (χ1) is 11.7. The van der Waals surface area contributed by atoms with Gasteiger partial charge in [-0.15, -0.1) is 0 Å². The first kappa shape index (κ1) is 15.4. The molecule has 0 radical (unpaired) electrons. The Kier molecular flexibility index (Phi) is 4.12. The molecule has 24 heavy (non-hydrogen) atoms. The van der Waals surface area contributed by atoms with Gasteiger partial charge in [0, 0.05) is 63.2 Å². The van der Waals surface area contributed by atoms with E-state index in [1.807, 2.05) is 36.3 Å². The molecule has 4 rings (SSSR count). The van der Waals surface area contributed by atoms with Gasteiger partial charge in [0.15, 0.2) is 0 Å². The number of benzene rings is 1. The number of hydrogen-bond acceptors (Lipinski definition) is 4. The molecule has 1 fully saturated rings. The highest BCUT2D eigenvalue weighted by Crippen LogP contribution is 2.27. The maximum Gasteiger partial charge on any atom is 0.0858 e. The van der Waals surface area contributed by atoms with Crippen LogP contribution in [-0.2, 0) is 13.6 Å². The van der Waals surface area contributed by atoms with E-state index in [1.165, 1.54) is 5.69 Å². The number of hydrogen-bond donors (Lipinski definition) is 0. The highest BCUT2D eigenvalue weighted by atomic mass is 35.5. The number of aryl methyl sites for hydroxylation is 1. The monoisotopic (exact) mass is 341 g/mol. The van der Waals surface area contributed by atoms with Crippen molar-refractivity contribution < 1.29 is 0 Å². The standard InChI is InChI=1S/C18H20ClN5/c1-22-17-4-2-3-15(19)18(17)16(21-22)13-23-9-11-24(12-10-23)14-5-7-20-8-6-14/h2-8H,9-13H2,1H3. The topological polar surface area (TPSA) is 37.2 Å². The number of anilines is 1. The SMILES string of the molecule is Cn1nc(CN2CCN(c3ccncc3)CC2)c2c(Cl)cccc21. The van der Waals surface area contributed by atoms with Crippen molar-refractivity contribution in [2.45, 2.75) is 6.54 Å². The van der Waals surface area contributed by atoms with Crippen LogP contribution in [-0.4, -0.2) is 45.8 Å². The molecule has 0 unspecified atom stereocenters. The lowest BCUT2D eigenvalue weighted by molar-refractivity contribution is 0.247. The normalized spacial score (nSPS) is 16.0. The Morgan fingerprint density at radius 1 is 1.04 bits per heavy atom. The molecule has 1 aliphatic heterocycles.